The Balaban J connectivity index is 1.34. The molecule has 0 atom stereocenters. The van der Waals surface area contributed by atoms with Crippen LogP contribution < -0.4 is 0 Å². The van der Waals surface area contributed by atoms with Crippen LogP contribution in [0.1, 0.15) is 22.3 Å². The molecule has 0 heterocycles. The first-order valence-corrected chi connectivity index (χ1v) is 15.8. The lowest BCUT2D eigenvalue weighted by atomic mass is 9.67. The molecule has 0 fully saturated rings. The van der Waals surface area contributed by atoms with E-state index in [1.165, 1.54) is 87.6 Å². The molecule has 0 N–H and O–H groups in total. The third-order valence-corrected chi connectivity index (χ3v) is 10.3. The molecule has 0 heteroatoms. The van der Waals surface area contributed by atoms with Gasteiger partial charge < -0.3 is 0 Å². The van der Waals surface area contributed by atoms with Crippen LogP contribution >= 0.6 is 0 Å². The molecule has 0 saturated carbocycles. The molecular weight excluding hydrogens is 540 g/mol. The van der Waals surface area contributed by atoms with Gasteiger partial charge in [0.1, 0.15) is 0 Å². The van der Waals surface area contributed by atoms with Crippen molar-refractivity contribution in [2.24, 2.45) is 0 Å². The highest BCUT2D eigenvalue weighted by atomic mass is 14.5. The molecule has 45 heavy (non-hydrogen) atoms. The lowest BCUT2D eigenvalue weighted by molar-refractivity contribution is 0.770. The summed E-state index contributed by atoms with van der Waals surface area (Å²) in [6.07, 6.45) is 0. The Morgan fingerprint density at radius 3 is 1.73 bits per heavy atom. The highest BCUT2D eigenvalue weighted by Gasteiger charge is 2.46. The Hall–Kier alpha value is -5.72. The second kappa shape index (κ2) is 9.14. The quantitative estimate of drug-likeness (QED) is 0.186. The summed E-state index contributed by atoms with van der Waals surface area (Å²) in [5.41, 5.74) is 10.1. The molecule has 0 aliphatic heterocycles. The van der Waals surface area contributed by atoms with Crippen molar-refractivity contribution in [2.45, 2.75) is 5.41 Å². The summed E-state index contributed by atoms with van der Waals surface area (Å²) in [4.78, 5) is 0. The second-order valence-electron chi connectivity index (χ2n) is 12.4. The van der Waals surface area contributed by atoms with Crippen molar-refractivity contribution in [3.05, 3.63) is 192 Å². The largest absolute Gasteiger partial charge is 0.0714 e. The number of fused-ring (bicyclic) bond motifs is 5. The maximum Gasteiger partial charge on any atom is 0.0714 e. The summed E-state index contributed by atoms with van der Waals surface area (Å²) in [5.74, 6) is 0. The molecule has 0 aromatic heterocycles. The molecule has 9 aromatic rings. The van der Waals surface area contributed by atoms with Crippen molar-refractivity contribution in [2.75, 3.05) is 0 Å². The fourth-order valence-electron chi connectivity index (χ4n) is 8.41. The summed E-state index contributed by atoms with van der Waals surface area (Å²) in [5, 5.41) is 10.5. The monoisotopic (exact) mass is 568 g/mol. The predicted octanol–water partition coefficient (Wildman–Crippen LogP) is 11.8. The van der Waals surface area contributed by atoms with Gasteiger partial charge in [-0.15, -0.1) is 0 Å². The van der Waals surface area contributed by atoms with E-state index in [9.17, 15) is 0 Å². The number of hydrogen-bond donors (Lipinski definition) is 0. The van der Waals surface area contributed by atoms with Gasteiger partial charge in [0.2, 0.25) is 0 Å². The van der Waals surface area contributed by atoms with E-state index in [1.54, 1.807) is 0 Å². The van der Waals surface area contributed by atoms with Crippen LogP contribution in [0, 0.1) is 0 Å². The van der Waals surface area contributed by atoms with Crippen LogP contribution in [-0.4, -0.2) is 0 Å². The number of hydrogen-bond acceptors (Lipinski definition) is 0. The third kappa shape index (κ3) is 3.26. The maximum absolute atomic E-state index is 2.50. The van der Waals surface area contributed by atoms with Gasteiger partial charge in [-0.1, -0.05) is 158 Å². The molecule has 0 radical (unpaired) electrons. The number of rotatable bonds is 3. The molecule has 0 unspecified atom stereocenters. The van der Waals surface area contributed by atoms with Gasteiger partial charge in [0.05, 0.1) is 5.41 Å². The topological polar surface area (TPSA) is 0 Å². The minimum atomic E-state index is -0.408. The average molecular weight is 569 g/mol. The fraction of sp³-hybridized carbons (Fsp3) is 0.0222. The van der Waals surface area contributed by atoms with E-state index in [2.05, 4.69) is 170 Å². The number of benzene rings is 9. The molecule has 0 nitrogen and oxygen atoms in total. The summed E-state index contributed by atoms with van der Waals surface area (Å²) < 4.78 is 0. The van der Waals surface area contributed by atoms with Crippen molar-refractivity contribution in [3.8, 4) is 22.3 Å². The average Bonchev–Trinajstić information content (AvgIpc) is 3.41. The van der Waals surface area contributed by atoms with Crippen LogP contribution in [0.5, 0.6) is 0 Å². The van der Waals surface area contributed by atoms with Crippen molar-refractivity contribution in [3.63, 3.8) is 0 Å². The van der Waals surface area contributed by atoms with Gasteiger partial charge in [0.25, 0.3) is 0 Å². The van der Waals surface area contributed by atoms with Crippen molar-refractivity contribution < 1.29 is 0 Å². The first-order valence-electron chi connectivity index (χ1n) is 15.8. The van der Waals surface area contributed by atoms with Gasteiger partial charge in [-0.2, -0.15) is 0 Å². The van der Waals surface area contributed by atoms with Crippen LogP contribution in [-0.2, 0) is 5.41 Å². The first kappa shape index (κ1) is 24.7. The fourth-order valence-corrected chi connectivity index (χ4v) is 8.41. The summed E-state index contributed by atoms with van der Waals surface area (Å²) in [7, 11) is 0. The van der Waals surface area contributed by atoms with E-state index in [1.807, 2.05) is 0 Å². The first-order chi connectivity index (χ1) is 22.3. The third-order valence-electron chi connectivity index (χ3n) is 10.3. The minimum absolute atomic E-state index is 0.408. The second-order valence-corrected chi connectivity index (χ2v) is 12.4. The van der Waals surface area contributed by atoms with Crippen LogP contribution in [0.3, 0.4) is 0 Å². The zero-order chi connectivity index (χ0) is 29.5. The van der Waals surface area contributed by atoms with Gasteiger partial charge >= 0.3 is 0 Å². The van der Waals surface area contributed by atoms with E-state index in [0.717, 1.165) is 0 Å². The lowest BCUT2D eigenvalue weighted by Crippen LogP contribution is -2.28. The molecule has 9 aromatic carbocycles. The van der Waals surface area contributed by atoms with Crippen molar-refractivity contribution in [1.82, 2.24) is 0 Å². The molecule has 208 valence electrons. The van der Waals surface area contributed by atoms with E-state index >= 15 is 0 Å². The molecule has 0 amide bonds. The Kier molecular flexibility index (Phi) is 5.02. The van der Waals surface area contributed by atoms with Crippen LogP contribution in [0.2, 0.25) is 0 Å². The minimum Gasteiger partial charge on any atom is -0.0622 e. The van der Waals surface area contributed by atoms with E-state index in [4.69, 9.17) is 0 Å². The zero-order valence-electron chi connectivity index (χ0n) is 24.7. The van der Waals surface area contributed by atoms with E-state index in [0.29, 0.717) is 0 Å². The van der Waals surface area contributed by atoms with Gasteiger partial charge in [0, 0.05) is 0 Å². The van der Waals surface area contributed by atoms with Gasteiger partial charge in [0.15, 0.2) is 0 Å². The predicted molar refractivity (Wildman–Crippen MR) is 190 cm³/mol. The Morgan fingerprint density at radius 2 is 0.933 bits per heavy atom. The molecule has 0 spiro atoms. The zero-order valence-corrected chi connectivity index (χ0v) is 24.7. The summed E-state index contributed by atoms with van der Waals surface area (Å²) in [6, 6.07) is 63.3. The highest BCUT2D eigenvalue weighted by molar-refractivity contribution is 6.28. The summed E-state index contributed by atoms with van der Waals surface area (Å²) in [6.45, 7) is 0. The Labute approximate surface area is 262 Å². The maximum atomic E-state index is 2.50. The smallest absolute Gasteiger partial charge is 0.0622 e. The molecule has 1 aliphatic rings. The molecule has 0 saturated heterocycles. The SMILES string of the molecule is c1ccc(C2(c3ccccc3)c3ccccc3-c3c2cc2ccc4c(-c5ccc6ccccc6c5)ccc5ccc3c2c54)cc1. The van der Waals surface area contributed by atoms with E-state index < -0.39 is 5.41 Å². The van der Waals surface area contributed by atoms with Crippen LogP contribution in [0.25, 0.3) is 65.3 Å². The van der Waals surface area contributed by atoms with Crippen molar-refractivity contribution >= 4 is 43.1 Å². The Bertz CT molecular complexity index is 2530. The molecule has 10 rings (SSSR count). The normalized spacial score (nSPS) is 13.5. The van der Waals surface area contributed by atoms with Gasteiger partial charge in [-0.05, 0) is 99.7 Å². The summed E-state index contributed by atoms with van der Waals surface area (Å²) >= 11 is 0. The van der Waals surface area contributed by atoms with Crippen molar-refractivity contribution in [1.29, 1.82) is 0 Å². The Morgan fingerprint density at radius 1 is 0.333 bits per heavy atom. The molecular formula is C45H28. The van der Waals surface area contributed by atoms with Gasteiger partial charge in [-0.3, -0.25) is 0 Å². The lowest BCUT2D eigenvalue weighted by Gasteiger charge is -2.34. The van der Waals surface area contributed by atoms with Gasteiger partial charge in [-0.25, -0.2) is 0 Å². The molecule has 0 bridgehead atoms. The highest BCUT2D eigenvalue weighted by Crippen LogP contribution is 2.59. The standard InChI is InChI=1S/C45H28/c1-3-13-34(14-4-1)45(35-15-5-2-6-16-35)40-18-10-9-17-38(40)44-39-26-22-30-21-24-36(32-20-19-29-11-7-8-12-31(29)27-32)37-25-23-33(28-41(44)45)43(39)42(30)37/h1-28H. The van der Waals surface area contributed by atoms with Crippen LogP contribution in [0.15, 0.2) is 170 Å². The van der Waals surface area contributed by atoms with E-state index in [-0.39, 0.29) is 0 Å². The molecule has 1 aliphatic carbocycles. The van der Waals surface area contributed by atoms with Crippen LogP contribution in [0.4, 0.5) is 0 Å².